The summed E-state index contributed by atoms with van der Waals surface area (Å²) >= 11 is 6.38. The quantitative estimate of drug-likeness (QED) is 0.699. The molecule has 0 aliphatic carbocycles. The summed E-state index contributed by atoms with van der Waals surface area (Å²) in [6.07, 6.45) is 0.550. The topological polar surface area (TPSA) is 37.6 Å². The van der Waals surface area contributed by atoms with Crippen molar-refractivity contribution in [3.05, 3.63) is 45.6 Å². The fraction of sp³-hybridized carbons (Fsp3) is 0.267. The van der Waals surface area contributed by atoms with Gasteiger partial charge in [0, 0.05) is 43.1 Å². The van der Waals surface area contributed by atoms with Crippen molar-refractivity contribution in [1.82, 2.24) is 9.88 Å². The van der Waals surface area contributed by atoms with Crippen LogP contribution in [0.15, 0.2) is 12.1 Å². The molecular weight excluding hydrogens is 293 g/mol. The summed E-state index contributed by atoms with van der Waals surface area (Å²) in [5, 5.41) is 0.803. The van der Waals surface area contributed by atoms with Crippen LogP contribution >= 0.6 is 11.6 Å². The van der Waals surface area contributed by atoms with Gasteiger partial charge < -0.3 is 4.90 Å². The zero-order valence-electron chi connectivity index (χ0n) is 11.3. The zero-order valence-corrected chi connectivity index (χ0v) is 12.0. The van der Waals surface area contributed by atoms with Crippen molar-refractivity contribution >= 4 is 34.1 Å². The Kier molecular flexibility index (Phi) is 3.26. The molecule has 1 aromatic carbocycles. The second-order valence-corrected chi connectivity index (χ2v) is 5.36. The second kappa shape index (κ2) is 4.97. The summed E-state index contributed by atoms with van der Waals surface area (Å²) in [7, 11) is 0. The van der Waals surface area contributed by atoms with Crippen LogP contribution in [0.2, 0.25) is 5.02 Å². The van der Waals surface area contributed by atoms with Gasteiger partial charge in [0.1, 0.15) is 11.3 Å². The zero-order chi connectivity index (χ0) is 15.1. The summed E-state index contributed by atoms with van der Waals surface area (Å²) in [5.41, 5.74) is 1.83. The maximum Gasteiger partial charge on any atom is 0.219 e. The molecule has 0 spiro atoms. The van der Waals surface area contributed by atoms with E-state index in [1.54, 1.807) is 4.90 Å². The molecule has 106 valence electrons. The van der Waals surface area contributed by atoms with Gasteiger partial charge in [0.15, 0.2) is 5.69 Å². The number of hydrogen-bond donors (Lipinski definition) is 0. The molecule has 2 aromatic rings. The van der Waals surface area contributed by atoms with Gasteiger partial charge in [0.25, 0.3) is 0 Å². The highest BCUT2D eigenvalue weighted by molar-refractivity contribution is 6.36. The molecule has 0 saturated carbocycles. The van der Waals surface area contributed by atoms with E-state index in [0.29, 0.717) is 29.9 Å². The Balaban J connectivity index is 2.24. The van der Waals surface area contributed by atoms with Crippen LogP contribution in [-0.4, -0.2) is 22.3 Å². The average molecular weight is 304 g/mol. The molecule has 6 heteroatoms. The number of pyridine rings is 1. The average Bonchev–Trinajstić information content (AvgIpc) is 2.48. The SMILES string of the molecule is [C-]#[N+]c1cc(F)c2nc3c(c(Cl)c2c1)CN(C(C)=O)CC3. The van der Waals surface area contributed by atoms with E-state index in [0.717, 1.165) is 17.3 Å². The van der Waals surface area contributed by atoms with Gasteiger partial charge in [-0.15, -0.1) is 0 Å². The van der Waals surface area contributed by atoms with Gasteiger partial charge in [-0.3, -0.25) is 4.79 Å². The first-order chi connectivity index (χ1) is 10.0. The lowest BCUT2D eigenvalue weighted by Gasteiger charge is -2.28. The molecule has 1 aliphatic heterocycles. The largest absolute Gasteiger partial charge is 0.338 e. The van der Waals surface area contributed by atoms with Gasteiger partial charge in [-0.25, -0.2) is 14.2 Å². The van der Waals surface area contributed by atoms with E-state index in [-0.39, 0.29) is 17.1 Å². The van der Waals surface area contributed by atoms with Gasteiger partial charge >= 0.3 is 0 Å². The van der Waals surface area contributed by atoms with Crippen LogP contribution in [0.4, 0.5) is 10.1 Å². The van der Waals surface area contributed by atoms with Crippen LogP contribution in [-0.2, 0) is 17.8 Å². The molecule has 0 radical (unpaired) electrons. The van der Waals surface area contributed by atoms with Crippen LogP contribution < -0.4 is 0 Å². The first-order valence-corrected chi connectivity index (χ1v) is 6.82. The van der Waals surface area contributed by atoms with Crippen LogP contribution in [0.5, 0.6) is 0 Å². The molecular formula is C15H11ClFN3O. The third kappa shape index (κ3) is 2.22. The first-order valence-electron chi connectivity index (χ1n) is 6.44. The number of halogens is 2. The number of fused-ring (bicyclic) bond motifs is 2. The maximum absolute atomic E-state index is 14.1. The summed E-state index contributed by atoms with van der Waals surface area (Å²) < 4.78 is 14.1. The molecule has 1 aromatic heterocycles. The number of aromatic nitrogens is 1. The normalized spacial score (nSPS) is 13.9. The monoisotopic (exact) mass is 303 g/mol. The molecule has 2 heterocycles. The standard InChI is InChI=1S/C15H11ClFN3O/c1-8(21)20-4-3-13-11(7-20)14(16)10-5-9(18-2)6-12(17)15(10)19-13/h5-6H,3-4,7H2,1H3. The lowest BCUT2D eigenvalue weighted by Crippen LogP contribution is -2.34. The minimum absolute atomic E-state index is 0.0297. The van der Waals surface area contributed by atoms with Gasteiger partial charge in [-0.2, -0.15) is 0 Å². The lowest BCUT2D eigenvalue weighted by atomic mass is 10.0. The molecule has 4 nitrogen and oxygen atoms in total. The number of hydrogen-bond acceptors (Lipinski definition) is 2. The van der Waals surface area contributed by atoms with E-state index in [1.807, 2.05) is 0 Å². The van der Waals surface area contributed by atoms with Gasteiger partial charge in [-0.1, -0.05) is 11.6 Å². The predicted molar refractivity (Wildman–Crippen MR) is 77.8 cm³/mol. The van der Waals surface area contributed by atoms with E-state index in [2.05, 4.69) is 9.83 Å². The number of benzene rings is 1. The number of carbonyl (C=O) groups is 1. The Morgan fingerprint density at radius 3 is 2.95 bits per heavy atom. The van der Waals surface area contributed by atoms with E-state index in [1.165, 1.54) is 13.0 Å². The first kappa shape index (κ1) is 13.8. The van der Waals surface area contributed by atoms with Crippen LogP contribution in [0, 0.1) is 12.4 Å². The van der Waals surface area contributed by atoms with E-state index in [9.17, 15) is 9.18 Å². The molecule has 0 N–H and O–H groups in total. The van der Waals surface area contributed by atoms with Crippen molar-refractivity contribution in [3.8, 4) is 0 Å². The Hall–Kier alpha value is -2.19. The number of carbonyl (C=O) groups excluding carboxylic acids is 1. The molecule has 1 amide bonds. The predicted octanol–water partition coefficient (Wildman–Crippen LogP) is 3.48. The molecule has 3 rings (SSSR count). The highest BCUT2D eigenvalue weighted by Crippen LogP contribution is 2.35. The van der Waals surface area contributed by atoms with Crippen LogP contribution in [0.1, 0.15) is 18.2 Å². The summed E-state index contributed by atoms with van der Waals surface area (Å²) in [6, 6.07) is 2.70. The molecule has 0 bridgehead atoms. The van der Waals surface area contributed by atoms with Crippen molar-refractivity contribution in [3.63, 3.8) is 0 Å². The lowest BCUT2D eigenvalue weighted by molar-refractivity contribution is -0.129. The molecule has 0 saturated heterocycles. The van der Waals surface area contributed by atoms with E-state index < -0.39 is 5.82 Å². The Morgan fingerprint density at radius 1 is 1.52 bits per heavy atom. The fourth-order valence-corrected chi connectivity index (χ4v) is 2.88. The highest BCUT2D eigenvalue weighted by atomic mass is 35.5. The molecule has 0 atom stereocenters. The highest BCUT2D eigenvalue weighted by Gasteiger charge is 2.24. The molecule has 21 heavy (non-hydrogen) atoms. The van der Waals surface area contributed by atoms with Gasteiger partial charge in [0.05, 0.1) is 11.6 Å². The fourth-order valence-electron chi connectivity index (χ4n) is 2.57. The van der Waals surface area contributed by atoms with Crippen molar-refractivity contribution in [1.29, 1.82) is 0 Å². The summed E-state index contributed by atoms with van der Waals surface area (Å²) in [5.74, 6) is -0.574. The molecule has 0 unspecified atom stereocenters. The minimum Gasteiger partial charge on any atom is -0.338 e. The van der Waals surface area contributed by atoms with E-state index >= 15 is 0 Å². The van der Waals surface area contributed by atoms with E-state index in [4.69, 9.17) is 18.2 Å². The number of amides is 1. The molecule has 0 fully saturated rings. The third-order valence-corrected chi connectivity index (χ3v) is 4.12. The van der Waals surface area contributed by atoms with Crippen molar-refractivity contribution in [2.45, 2.75) is 19.9 Å². The van der Waals surface area contributed by atoms with Gasteiger partial charge in [-0.05, 0) is 12.1 Å². The Bertz CT molecular complexity index is 813. The number of nitrogens with zero attached hydrogens (tertiary/aromatic N) is 3. The van der Waals surface area contributed by atoms with Crippen molar-refractivity contribution < 1.29 is 9.18 Å². The van der Waals surface area contributed by atoms with Crippen LogP contribution in [0.3, 0.4) is 0 Å². The minimum atomic E-state index is -0.544. The Morgan fingerprint density at radius 2 is 2.29 bits per heavy atom. The summed E-state index contributed by atoms with van der Waals surface area (Å²) in [4.78, 5) is 20.8. The van der Waals surface area contributed by atoms with Crippen molar-refractivity contribution in [2.75, 3.05) is 6.54 Å². The van der Waals surface area contributed by atoms with Gasteiger partial charge in [0.2, 0.25) is 5.91 Å². The second-order valence-electron chi connectivity index (χ2n) is 4.98. The maximum atomic E-state index is 14.1. The smallest absolute Gasteiger partial charge is 0.219 e. The Labute approximate surface area is 126 Å². The number of rotatable bonds is 0. The van der Waals surface area contributed by atoms with Crippen LogP contribution in [0.25, 0.3) is 15.7 Å². The van der Waals surface area contributed by atoms with Crippen molar-refractivity contribution in [2.24, 2.45) is 0 Å². The third-order valence-electron chi connectivity index (χ3n) is 3.69. The molecule has 1 aliphatic rings. The summed E-state index contributed by atoms with van der Waals surface area (Å²) in [6.45, 7) is 9.43.